The van der Waals surface area contributed by atoms with Crippen molar-refractivity contribution in [1.82, 2.24) is 14.9 Å². The van der Waals surface area contributed by atoms with Gasteiger partial charge in [-0.05, 0) is 24.6 Å². The summed E-state index contributed by atoms with van der Waals surface area (Å²) in [5, 5.41) is 9.42. The van der Waals surface area contributed by atoms with Gasteiger partial charge in [-0.1, -0.05) is 6.07 Å². The molecule has 3 heterocycles. The lowest BCUT2D eigenvalue weighted by Gasteiger charge is -2.36. The van der Waals surface area contributed by atoms with E-state index < -0.39 is 0 Å². The molecule has 0 N–H and O–H groups in total. The Labute approximate surface area is 142 Å². The van der Waals surface area contributed by atoms with Crippen molar-refractivity contribution < 1.29 is 4.74 Å². The van der Waals surface area contributed by atoms with Gasteiger partial charge in [0.05, 0.1) is 18.5 Å². The van der Waals surface area contributed by atoms with Crippen LogP contribution in [0.3, 0.4) is 0 Å². The van der Waals surface area contributed by atoms with Crippen LogP contribution in [0.15, 0.2) is 30.6 Å². The number of anilines is 1. The minimum atomic E-state index is 0.390. The number of ether oxygens (including phenoxy) is 1. The van der Waals surface area contributed by atoms with Gasteiger partial charge in [0.1, 0.15) is 11.6 Å². The van der Waals surface area contributed by atoms with Gasteiger partial charge in [-0.3, -0.25) is 9.88 Å². The second-order valence-corrected chi connectivity index (χ2v) is 5.86. The first-order valence-electron chi connectivity index (χ1n) is 8.04. The SMILES string of the molecule is COc1nccc(N2CCN(Cc3ncccc3C)CC2)c1C#N. The van der Waals surface area contributed by atoms with Gasteiger partial charge in [-0.25, -0.2) is 4.98 Å². The van der Waals surface area contributed by atoms with E-state index in [9.17, 15) is 5.26 Å². The summed E-state index contributed by atoms with van der Waals surface area (Å²) in [6, 6.07) is 8.17. The number of pyridine rings is 2. The van der Waals surface area contributed by atoms with Crippen LogP contribution < -0.4 is 9.64 Å². The quantitative estimate of drug-likeness (QED) is 0.857. The molecule has 0 radical (unpaired) electrons. The maximum atomic E-state index is 9.42. The van der Waals surface area contributed by atoms with E-state index in [4.69, 9.17) is 4.74 Å². The van der Waals surface area contributed by atoms with Crippen molar-refractivity contribution >= 4 is 5.69 Å². The summed E-state index contributed by atoms with van der Waals surface area (Å²) >= 11 is 0. The van der Waals surface area contributed by atoms with Crippen molar-refractivity contribution in [1.29, 1.82) is 5.26 Å². The predicted molar refractivity (Wildman–Crippen MR) is 92.0 cm³/mol. The van der Waals surface area contributed by atoms with Crippen LogP contribution in [0, 0.1) is 18.3 Å². The van der Waals surface area contributed by atoms with Crippen LogP contribution in [-0.2, 0) is 6.54 Å². The highest BCUT2D eigenvalue weighted by molar-refractivity contribution is 5.63. The molecule has 0 saturated carbocycles. The average Bonchev–Trinajstić information content (AvgIpc) is 2.63. The number of methoxy groups -OCH3 is 1. The van der Waals surface area contributed by atoms with Crippen molar-refractivity contribution in [3.8, 4) is 11.9 Å². The smallest absolute Gasteiger partial charge is 0.233 e. The highest BCUT2D eigenvalue weighted by Gasteiger charge is 2.22. The van der Waals surface area contributed by atoms with Crippen molar-refractivity contribution in [2.75, 3.05) is 38.2 Å². The largest absolute Gasteiger partial charge is 0.480 e. The number of rotatable bonds is 4. The normalized spacial score (nSPS) is 15.1. The summed E-state index contributed by atoms with van der Waals surface area (Å²) in [5.74, 6) is 0.390. The lowest BCUT2D eigenvalue weighted by molar-refractivity contribution is 0.246. The minimum absolute atomic E-state index is 0.390. The second kappa shape index (κ2) is 7.28. The van der Waals surface area contributed by atoms with E-state index in [-0.39, 0.29) is 0 Å². The molecular formula is C18H21N5O. The van der Waals surface area contributed by atoms with Crippen molar-refractivity contribution in [2.45, 2.75) is 13.5 Å². The number of aromatic nitrogens is 2. The molecule has 124 valence electrons. The Morgan fingerprint density at radius 1 is 1.17 bits per heavy atom. The number of aryl methyl sites for hydroxylation is 1. The number of nitriles is 1. The van der Waals surface area contributed by atoms with Gasteiger partial charge in [0.25, 0.3) is 0 Å². The molecule has 0 spiro atoms. The molecule has 1 aliphatic rings. The zero-order valence-electron chi connectivity index (χ0n) is 14.1. The Kier molecular flexibility index (Phi) is 4.92. The van der Waals surface area contributed by atoms with E-state index in [1.54, 1.807) is 13.3 Å². The van der Waals surface area contributed by atoms with E-state index in [1.165, 1.54) is 5.56 Å². The molecule has 1 fully saturated rings. The van der Waals surface area contributed by atoms with Gasteiger partial charge in [-0.2, -0.15) is 5.26 Å². The Hall–Kier alpha value is -2.65. The van der Waals surface area contributed by atoms with Gasteiger partial charge in [0.2, 0.25) is 5.88 Å². The Bertz CT molecular complexity index is 747. The highest BCUT2D eigenvalue weighted by Crippen LogP contribution is 2.27. The van der Waals surface area contributed by atoms with E-state index in [2.05, 4.69) is 38.8 Å². The van der Waals surface area contributed by atoms with Crippen molar-refractivity contribution in [2.24, 2.45) is 0 Å². The summed E-state index contributed by atoms with van der Waals surface area (Å²) < 4.78 is 5.20. The molecule has 6 nitrogen and oxygen atoms in total. The third-order valence-electron chi connectivity index (χ3n) is 4.40. The van der Waals surface area contributed by atoms with E-state index >= 15 is 0 Å². The number of hydrogen-bond acceptors (Lipinski definition) is 6. The minimum Gasteiger partial charge on any atom is -0.480 e. The fourth-order valence-electron chi connectivity index (χ4n) is 3.00. The maximum Gasteiger partial charge on any atom is 0.233 e. The first kappa shape index (κ1) is 16.2. The number of piperazine rings is 1. The second-order valence-electron chi connectivity index (χ2n) is 5.86. The molecule has 0 atom stereocenters. The molecule has 0 aromatic carbocycles. The summed E-state index contributed by atoms with van der Waals surface area (Å²) in [6.45, 7) is 6.57. The fourth-order valence-corrected chi connectivity index (χ4v) is 3.00. The first-order chi connectivity index (χ1) is 11.7. The fraction of sp³-hybridized carbons (Fsp3) is 0.389. The standard InChI is InChI=1S/C18H21N5O/c1-14-4-3-6-20-16(14)13-22-8-10-23(11-9-22)17-5-7-21-18(24-2)15(17)12-19/h3-7H,8-11,13H2,1-2H3. The topological polar surface area (TPSA) is 65.3 Å². The van der Waals surface area contributed by atoms with Crippen LogP contribution >= 0.6 is 0 Å². The maximum absolute atomic E-state index is 9.42. The van der Waals surface area contributed by atoms with E-state index in [1.807, 2.05) is 18.3 Å². The molecule has 1 saturated heterocycles. The molecule has 0 aliphatic carbocycles. The summed E-state index contributed by atoms with van der Waals surface area (Å²) in [4.78, 5) is 13.2. The van der Waals surface area contributed by atoms with Gasteiger partial charge >= 0.3 is 0 Å². The summed E-state index contributed by atoms with van der Waals surface area (Å²) in [5.41, 5.74) is 3.77. The first-order valence-corrected chi connectivity index (χ1v) is 8.04. The van der Waals surface area contributed by atoms with Crippen LogP contribution in [0.25, 0.3) is 0 Å². The van der Waals surface area contributed by atoms with Crippen LogP contribution in [0.5, 0.6) is 5.88 Å². The summed E-state index contributed by atoms with van der Waals surface area (Å²) in [7, 11) is 1.54. The number of nitrogens with zero attached hydrogens (tertiary/aromatic N) is 5. The molecule has 2 aromatic rings. The van der Waals surface area contributed by atoms with Gasteiger partial charge in [-0.15, -0.1) is 0 Å². The Morgan fingerprint density at radius 3 is 2.62 bits per heavy atom. The molecule has 1 aliphatic heterocycles. The Morgan fingerprint density at radius 2 is 1.96 bits per heavy atom. The zero-order valence-corrected chi connectivity index (χ0v) is 14.1. The molecule has 6 heteroatoms. The third kappa shape index (κ3) is 3.31. The van der Waals surface area contributed by atoms with Gasteiger partial charge in [0.15, 0.2) is 0 Å². The van der Waals surface area contributed by atoms with Crippen LogP contribution in [-0.4, -0.2) is 48.2 Å². The highest BCUT2D eigenvalue weighted by atomic mass is 16.5. The number of hydrogen-bond donors (Lipinski definition) is 0. The molecule has 0 bridgehead atoms. The van der Waals surface area contributed by atoms with Gasteiger partial charge in [0, 0.05) is 45.1 Å². The van der Waals surface area contributed by atoms with Crippen molar-refractivity contribution in [3.63, 3.8) is 0 Å². The summed E-state index contributed by atoms with van der Waals surface area (Å²) in [6.07, 6.45) is 3.54. The average molecular weight is 323 g/mol. The van der Waals surface area contributed by atoms with Crippen LogP contribution in [0.1, 0.15) is 16.8 Å². The van der Waals surface area contributed by atoms with Crippen molar-refractivity contribution in [3.05, 3.63) is 47.4 Å². The Balaban J connectivity index is 1.68. The lowest BCUT2D eigenvalue weighted by Crippen LogP contribution is -2.46. The lowest BCUT2D eigenvalue weighted by atomic mass is 10.1. The van der Waals surface area contributed by atoms with E-state index in [0.29, 0.717) is 11.4 Å². The van der Waals surface area contributed by atoms with Gasteiger partial charge < -0.3 is 9.64 Å². The van der Waals surface area contributed by atoms with Crippen LogP contribution in [0.2, 0.25) is 0 Å². The predicted octanol–water partition coefficient (Wildman–Crippen LogP) is 1.99. The molecule has 24 heavy (non-hydrogen) atoms. The van der Waals surface area contributed by atoms with Crippen LogP contribution in [0.4, 0.5) is 5.69 Å². The molecule has 0 unspecified atom stereocenters. The zero-order chi connectivity index (χ0) is 16.9. The van der Waals surface area contributed by atoms with E-state index in [0.717, 1.165) is 44.1 Å². The molecule has 0 amide bonds. The molecule has 3 rings (SSSR count). The monoisotopic (exact) mass is 323 g/mol. The third-order valence-corrected chi connectivity index (χ3v) is 4.40. The molecular weight excluding hydrogens is 302 g/mol. The molecule has 2 aromatic heterocycles.